The van der Waals surface area contributed by atoms with Crippen molar-refractivity contribution in [3.63, 3.8) is 0 Å². The fourth-order valence-corrected chi connectivity index (χ4v) is 11.8. The van der Waals surface area contributed by atoms with Crippen molar-refractivity contribution < 1.29 is 35.2 Å². The van der Waals surface area contributed by atoms with Gasteiger partial charge in [0.05, 0.1) is 19.8 Å². The van der Waals surface area contributed by atoms with Crippen LogP contribution in [0.3, 0.4) is 0 Å². The van der Waals surface area contributed by atoms with Crippen LogP contribution >= 0.6 is 30.7 Å². The van der Waals surface area contributed by atoms with Gasteiger partial charge in [0.1, 0.15) is 0 Å². The molecule has 0 amide bonds. The number of rotatable bonds is 11. The zero-order chi connectivity index (χ0) is 21.5. The lowest BCUT2D eigenvalue weighted by Crippen LogP contribution is -1.97. The maximum Gasteiger partial charge on any atom is 0.387 e. The van der Waals surface area contributed by atoms with E-state index in [9.17, 15) is 4.79 Å². The van der Waals surface area contributed by atoms with E-state index in [1.54, 1.807) is 20.8 Å². The number of hydrogen-bond acceptors (Lipinski definition) is 8. The van der Waals surface area contributed by atoms with E-state index < -0.39 is 42.7 Å². The highest BCUT2D eigenvalue weighted by Gasteiger charge is 2.43. The van der Waals surface area contributed by atoms with E-state index in [2.05, 4.69) is 18.1 Å². The lowest BCUT2D eigenvalue weighted by atomic mass is 10.5. The van der Waals surface area contributed by atoms with Crippen LogP contribution in [0.15, 0.2) is 18.1 Å². The first-order valence-corrected chi connectivity index (χ1v) is 14.9. The lowest BCUT2D eigenvalue weighted by molar-refractivity contribution is -0.111. The first kappa shape index (κ1) is 26.2. The van der Waals surface area contributed by atoms with Gasteiger partial charge in [-0.2, -0.15) is 25.8 Å². The van der Waals surface area contributed by atoms with E-state index in [1.165, 1.54) is 6.92 Å². The van der Waals surface area contributed by atoms with Crippen LogP contribution in [-0.2, 0) is 18.4 Å². The predicted molar refractivity (Wildman–Crippen MR) is 106 cm³/mol. The van der Waals surface area contributed by atoms with Gasteiger partial charge in [-0.15, -0.1) is 9.03 Å². The second-order valence-corrected chi connectivity index (χ2v) is 13.6. The minimum absolute atomic E-state index is 0.247. The van der Waals surface area contributed by atoms with Gasteiger partial charge in [-0.1, -0.05) is 27.7 Å². The normalized spacial score (nSPS) is 35.6. The average Bonchev–Trinajstić information content (AvgIpc) is 2.61. The van der Waals surface area contributed by atoms with Gasteiger partial charge in [-0.05, 0) is 19.3 Å². The van der Waals surface area contributed by atoms with Crippen LogP contribution in [-0.4, -0.2) is 25.3 Å². The topological polar surface area (TPSA) is 94.2 Å². The van der Waals surface area contributed by atoms with Crippen LogP contribution in [0.1, 0.15) is 53.4 Å². The SMILES string of the molecule is CCCOP1(F)=NP(F)(OCCC)=NP(F)(C(=O)CC)=NP(F)(OCCC)=N1. The molecule has 1 heterocycles. The molecule has 1 aliphatic heterocycles. The molecule has 4 unspecified atom stereocenters. The summed E-state index contributed by atoms with van der Waals surface area (Å²) >= 11 is 0. The standard InChI is InChI=1S/C12H26F4N4O4P4/c1-5-9-22-26(14)17-25(13,12(21)8-4)18-27(15,23-10-6-2)20-28(16,19-26)24-11-7-3/h5-11H2,1-4H3. The van der Waals surface area contributed by atoms with Gasteiger partial charge in [0.2, 0.25) is 5.52 Å². The Morgan fingerprint density at radius 3 is 1.39 bits per heavy atom. The minimum atomic E-state index is -5.11. The predicted octanol–water partition coefficient (Wildman–Crippen LogP) is 8.96. The Morgan fingerprint density at radius 2 is 1.04 bits per heavy atom. The number of nitrogens with zero attached hydrogens (tertiary/aromatic N) is 4. The van der Waals surface area contributed by atoms with E-state index in [1.807, 2.05) is 0 Å². The van der Waals surface area contributed by atoms with Crippen LogP contribution in [0.2, 0.25) is 0 Å². The largest absolute Gasteiger partial charge is 0.387 e. The second kappa shape index (κ2) is 11.0. The summed E-state index contributed by atoms with van der Waals surface area (Å²) in [5.74, 6) is 0. The maximum atomic E-state index is 15.3. The Hall–Kier alpha value is 0.190. The Labute approximate surface area is 163 Å². The van der Waals surface area contributed by atoms with E-state index >= 15 is 16.8 Å². The first-order valence-electron chi connectivity index (χ1n) is 8.80. The molecule has 0 saturated carbocycles. The Bertz CT molecular complexity index is 784. The summed E-state index contributed by atoms with van der Waals surface area (Å²) in [6, 6.07) is 0. The zero-order valence-corrected chi connectivity index (χ0v) is 19.8. The van der Waals surface area contributed by atoms with Crippen molar-refractivity contribution in [3.05, 3.63) is 0 Å². The van der Waals surface area contributed by atoms with Crippen molar-refractivity contribution in [2.24, 2.45) is 18.1 Å². The smallest absolute Gasteiger partial charge is 0.303 e. The third-order valence-electron chi connectivity index (χ3n) is 2.90. The van der Waals surface area contributed by atoms with E-state index in [0.717, 1.165) is 0 Å². The van der Waals surface area contributed by atoms with Crippen molar-refractivity contribution in [3.8, 4) is 0 Å². The molecule has 0 N–H and O–H groups in total. The number of hydrogen-bond donors (Lipinski definition) is 0. The summed E-state index contributed by atoms with van der Waals surface area (Å²) in [5.41, 5.74) is -1.23. The molecule has 0 saturated heterocycles. The summed E-state index contributed by atoms with van der Waals surface area (Å²) in [5, 5.41) is 0. The quantitative estimate of drug-likeness (QED) is 0.213. The Kier molecular flexibility index (Phi) is 10.3. The molecule has 8 nitrogen and oxygen atoms in total. The van der Waals surface area contributed by atoms with Crippen LogP contribution in [0.25, 0.3) is 0 Å². The van der Waals surface area contributed by atoms with E-state index in [4.69, 9.17) is 13.6 Å². The number of carbonyl (C=O) groups is 1. The third-order valence-corrected chi connectivity index (χ3v) is 12.6. The highest BCUT2D eigenvalue weighted by molar-refractivity contribution is 7.86. The van der Waals surface area contributed by atoms with Crippen molar-refractivity contribution in [2.45, 2.75) is 53.4 Å². The molecule has 0 aromatic rings. The van der Waals surface area contributed by atoms with Crippen molar-refractivity contribution in [1.82, 2.24) is 0 Å². The molecule has 16 heteroatoms. The molecule has 28 heavy (non-hydrogen) atoms. The fraction of sp³-hybridized carbons (Fsp3) is 0.917. The third kappa shape index (κ3) is 7.46. The Morgan fingerprint density at radius 1 is 0.679 bits per heavy atom. The van der Waals surface area contributed by atoms with Gasteiger partial charge in [0, 0.05) is 6.42 Å². The molecule has 4 atom stereocenters. The molecule has 1 rings (SSSR count). The molecule has 166 valence electrons. The molecule has 0 aliphatic carbocycles. The van der Waals surface area contributed by atoms with Crippen molar-refractivity contribution in [2.75, 3.05) is 19.8 Å². The van der Waals surface area contributed by atoms with E-state index in [-0.39, 0.29) is 32.7 Å². The zero-order valence-electron chi connectivity index (χ0n) is 16.2. The highest BCUT2D eigenvalue weighted by Crippen LogP contribution is 2.81. The number of carbonyl (C=O) groups excluding carboxylic acids is 1. The summed E-state index contributed by atoms with van der Waals surface area (Å²) < 4.78 is 88.3. The molecule has 0 bridgehead atoms. The fourth-order valence-electron chi connectivity index (χ4n) is 1.71. The molecule has 0 radical (unpaired) electrons. The van der Waals surface area contributed by atoms with Crippen LogP contribution < -0.4 is 0 Å². The first-order chi connectivity index (χ1) is 13.0. The van der Waals surface area contributed by atoms with Crippen LogP contribution in [0.4, 0.5) is 16.8 Å². The number of halogens is 4. The molecule has 0 aromatic heterocycles. The molecule has 1 aliphatic rings. The van der Waals surface area contributed by atoms with Crippen LogP contribution in [0, 0.1) is 0 Å². The van der Waals surface area contributed by atoms with Gasteiger partial charge in [0.15, 0.2) is 0 Å². The molecule has 0 fully saturated rings. The average molecular weight is 490 g/mol. The minimum Gasteiger partial charge on any atom is -0.303 e. The molecular weight excluding hydrogens is 464 g/mol. The lowest BCUT2D eigenvalue weighted by Gasteiger charge is -2.22. The Balaban J connectivity index is 3.81. The summed E-state index contributed by atoms with van der Waals surface area (Å²) in [4.78, 5) is 12.1. The van der Waals surface area contributed by atoms with Gasteiger partial charge in [-0.25, -0.2) is 0 Å². The summed E-state index contributed by atoms with van der Waals surface area (Å²) in [7, 11) is -20.1. The van der Waals surface area contributed by atoms with Crippen molar-refractivity contribution >= 4 is 36.3 Å². The summed E-state index contributed by atoms with van der Waals surface area (Å²) in [6.45, 7) is 5.39. The van der Waals surface area contributed by atoms with E-state index in [0.29, 0.717) is 6.42 Å². The van der Waals surface area contributed by atoms with Gasteiger partial charge in [0.25, 0.3) is 0 Å². The summed E-state index contributed by atoms with van der Waals surface area (Å²) in [6.07, 6.45) is 0.455. The highest BCUT2D eigenvalue weighted by atomic mass is 31.3. The monoisotopic (exact) mass is 490 g/mol. The van der Waals surface area contributed by atoms with Gasteiger partial charge >= 0.3 is 30.7 Å². The second-order valence-electron chi connectivity index (χ2n) is 5.55. The van der Waals surface area contributed by atoms with Crippen LogP contribution in [0.5, 0.6) is 0 Å². The van der Waals surface area contributed by atoms with Gasteiger partial charge in [-0.3, -0.25) is 4.79 Å². The molecular formula is C12H26F4N4O4P4. The molecule has 0 aromatic carbocycles. The molecule has 0 spiro atoms. The maximum absolute atomic E-state index is 15.3. The van der Waals surface area contributed by atoms with Gasteiger partial charge < -0.3 is 13.6 Å². The van der Waals surface area contributed by atoms with Crippen molar-refractivity contribution in [1.29, 1.82) is 0 Å².